The smallest absolute Gasteiger partial charge is 0.621 e. The summed E-state index contributed by atoms with van der Waals surface area (Å²) in [6, 6.07) is 0. The Morgan fingerprint density at radius 3 is 0.706 bits per heavy atom. The molecule has 0 radical (unpaired) electrons. The van der Waals surface area contributed by atoms with E-state index in [9.17, 15) is 9.59 Å². The zero-order chi connectivity index (χ0) is 21.5. The van der Waals surface area contributed by atoms with Gasteiger partial charge in [-0.05, 0) is 103 Å². The van der Waals surface area contributed by atoms with Gasteiger partial charge in [0.15, 0.2) is 0 Å². The van der Waals surface area contributed by atoms with Gasteiger partial charge in [0.2, 0.25) is 0 Å². The van der Waals surface area contributed by atoms with Crippen LogP contribution >= 0.6 is 0 Å². The number of amides is 2. The SMILES string of the molecule is Cc1c(C)c(C)c([N-]C(=O)C(=O)[N-]c2c(C)c(C)c(C)c(C)c2C)c(C)c1C.[CH3-].[CH3-].[CH3-].[CH3-].[Ir+3].[Ir+3]. The Morgan fingerprint density at radius 2 is 0.529 bits per heavy atom. The van der Waals surface area contributed by atoms with Gasteiger partial charge in [0.1, 0.15) is 11.8 Å². The molecule has 0 heterocycles. The standard InChI is InChI=1S/C24H32N2O2.4CH3.2Ir/c1-11-13(3)17(7)21(18(8)14(11)4)25-23(27)24(28)26-22-19(9)15(5)12(2)16(6)20(22)10;;;;;;/h1-10H3,(H2,25,26,27,28);4*1H3;;/q;4*-1;2*+3/p-2. The third-order valence-corrected chi connectivity index (χ3v) is 6.53. The maximum absolute atomic E-state index is 12.6. The molecular formula is C28H42Ir2N2O2. The zero-order valence-corrected chi connectivity index (χ0v) is 28.2. The number of hydrogen-bond donors (Lipinski definition) is 0. The molecule has 0 bridgehead atoms. The summed E-state index contributed by atoms with van der Waals surface area (Å²) in [5, 5.41) is 8.31. The van der Waals surface area contributed by atoms with E-state index in [-0.39, 0.29) is 69.9 Å². The topological polar surface area (TPSA) is 62.3 Å². The van der Waals surface area contributed by atoms with Crippen LogP contribution < -0.4 is 0 Å². The van der Waals surface area contributed by atoms with Crippen LogP contribution in [0.3, 0.4) is 0 Å². The van der Waals surface area contributed by atoms with Crippen LogP contribution in [0.15, 0.2) is 0 Å². The number of nitrogens with zero attached hydrogens (tertiary/aromatic N) is 2. The fraction of sp³-hybridized carbons (Fsp3) is 0.357. The summed E-state index contributed by atoms with van der Waals surface area (Å²) in [6.07, 6.45) is 0. The molecule has 0 aliphatic carbocycles. The minimum Gasteiger partial charge on any atom is -0.621 e. The second kappa shape index (κ2) is 16.4. The molecule has 2 rings (SSSR count). The van der Waals surface area contributed by atoms with Gasteiger partial charge in [0.25, 0.3) is 0 Å². The predicted molar refractivity (Wildman–Crippen MR) is 142 cm³/mol. The Bertz CT molecular complexity index is 873. The van der Waals surface area contributed by atoms with Crippen molar-refractivity contribution in [3.05, 3.63) is 96.0 Å². The molecule has 0 fully saturated rings. The first kappa shape index (κ1) is 42.8. The first-order valence-corrected chi connectivity index (χ1v) is 9.55. The van der Waals surface area contributed by atoms with Crippen molar-refractivity contribution in [2.75, 3.05) is 0 Å². The van der Waals surface area contributed by atoms with E-state index in [0.717, 1.165) is 44.5 Å². The van der Waals surface area contributed by atoms with E-state index in [4.69, 9.17) is 0 Å². The molecule has 0 N–H and O–H groups in total. The molecule has 0 saturated heterocycles. The van der Waals surface area contributed by atoms with Gasteiger partial charge in [-0.3, -0.25) is 0 Å². The van der Waals surface area contributed by atoms with Crippen molar-refractivity contribution < 1.29 is 49.8 Å². The quantitative estimate of drug-likeness (QED) is 0.226. The van der Waals surface area contributed by atoms with Crippen molar-refractivity contribution in [1.29, 1.82) is 0 Å². The van der Waals surface area contributed by atoms with Crippen molar-refractivity contribution in [2.45, 2.75) is 69.2 Å². The fourth-order valence-electron chi connectivity index (χ4n) is 3.59. The third kappa shape index (κ3) is 7.85. The van der Waals surface area contributed by atoms with Gasteiger partial charge in [-0.15, -0.1) is 11.4 Å². The monoisotopic (exact) mass is 824 g/mol. The van der Waals surface area contributed by atoms with Crippen molar-refractivity contribution in [1.82, 2.24) is 0 Å². The predicted octanol–water partition coefficient (Wildman–Crippen LogP) is 8.33. The molecule has 0 saturated carbocycles. The van der Waals surface area contributed by atoms with E-state index in [1.807, 2.05) is 55.4 Å². The normalized spacial score (nSPS) is 8.88. The maximum Gasteiger partial charge on any atom is 3.00 e. The third-order valence-electron chi connectivity index (χ3n) is 6.53. The van der Waals surface area contributed by atoms with Gasteiger partial charge in [0.05, 0.1) is 0 Å². The van der Waals surface area contributed by atoms with Gasteiger partial charge >= 0.3 is 40.2 Å². The van der Waals surface area contributed by atoms with Crippen LogP contribution in [-0.2, 0) is 49.8 Å². The van der Waals surface area contributed by atoms with Crippen LogP contribution in [0.4, 0.5) is 11.4 Å². The number of rotatable bonds is 2. The summed E-state index contributed by atoms with van der Waals surface area (Å²) in [5.41, 5.74) is 11.6. The van der Waals surface area contributed by atoms with E-state index >= 15 is 0 Å². The Balaban J connectivity index is -0.000000467. The second-order valence-corrected chi connectivity index (χ2v) is 7.78. The fourth-order valence-corrected chi connectivity index (χ4v) is 3.59. The Labute approximate surface area is 237 Å². The van der Waals surface area contributed by atoms with Crippen molar-refractivity contribution in [3.63, 3.8) is 0 Å². The number of carbonyl (C=O) groups is 2. The molecule has 194 valence electrons. The second-order valence-electron chi connectivity index (χ2n) is 7.78. The van der Waals surface area contributed by atoms with Gasteiger partial charge < -0.3 is 49.9 Å². The largest absolute Gasteiger partial charge is 3.00 e. The molecule has 0 unspecified atom stereocenters. The van der Waals surface area contributed by atoms with E-state index in [1.165, 1.54) is 11.1 Å². The molecule has 34 heavy (non-hydrogen) atoms. The number of carbonyl (C=O) groups excluding carboxylic acids is 2. The molecule has 4 nitrogen and oxygen atoms in total. The van der Waals surface area contributed by atoms with E-state index in [1.54, 1.807) is 0 Å². The summed E-state index contributed by atoms with van der Waals surface area (Å²) < 4.78 is 0. The molecule has 0 aliphatic rings. The summed E-state index contributed by atoms with van der Waals surface area (Å²) >= 11 is 0. The molecule has 0 spiro atoms. The molecule has 2 amide bonds. The summed E-state index contributed by atoms with van der Waals surface area (Å²) in [5.74, 6) is -1.66. The van der Waals surface area contributed by atoms with Gasteiger partial charge in [-0.2, -0.15) is 0 Å². The molecule has 2 aromatic carbocycles. The first-order chi connectivity index (χ1) is 12.9. The summed E-state index contributed by atoms with van der Waals surface area (Å²) in [6.45, 7) is 19.9. The van der Waals surface area contributed by atoms with E-state index in [2.05, 4.69) is 24.5 Å². The molecular weight excluding hydrogens is 781 g/mol. The molecule has 0 aliphatic heterocycles. The van der Waals surface area contributed by atoms with Gasteiger partial charge in [-0.25, -0.2) is 0 Å². The average Bonchev–Trinajstić information content (AvgIpc) is 2.67. The minimum absolute atomic E-state index is 0. The van der Waals surface area contributed by atoms with E-state index < -0.39 is 11.8 Å². The van der Waals surface area contributed by atoms with Crippen molar-refractivity contribution >= 4 is 23.2 Å². The number of benzene rings is 2. The van der Waals surface area contributed by atoms with Gasteiger partial charge in [0, 0.05) is 0 Å². The Morgan fingerprint density at radius 1 is 0.382 bits per heavy atom. The van der Waals surface area contributed by atoms with Crippen LogP contribution in [0.5, 0.6) is 0 Å². The van der Waals surface area contributed by atoms with E-state index in [0.29, 0.717) is 11.4 Å². The summed E-state index contributed by atoms with van der Waals surface area (Å²) in [7, 11) is 0. The zero-order valence-electron chi connectivity index (χ0n) is 23.4. The molecule has 0 atom stereocenters. The maximum atomic E-state index is 12.6. The molecule has 0 aromatic heterocycles. The average molecular weight is 823 g/mol. The minimum atomic E-state index is -0.830. The van der Waals surface area contributed by atoms with Crippen LogP contribution in [0.1, 0.15) is 55.6 Å². The van der Waals surface area contributed by atoms with Crippen LogP contribution in [0, 0.1) is 98.9 Å². The first-order valence-electron chi connectivity index (χ1n) is 9.55. The van der Waals surface area contributed by atoms with Crippen LogP contribution in [0.25, 0.3) is 10.6 Å². The van der Waals surface area contributed by atoms with Crippen LogP contribution in [-0.4, -0.2) is 11.8 Å². The number of hydrogen-bond acceptors (Lipinski definition) is 2. The van der Waals surface area contributed by atoms with Crippen LogP contribution in [0.2, 0.25) is 0 Å². The molecule has 6 heteroatoms. The van der Waals surface area contributed by atoms with Crippen molar-refractivity contribution in [2.24, 2.45) is 0 Å². The van der Waals surface area contributed by atoms with Crippen molar-refractivity contribution in [3.8, 4) is 0 Å². The molecule has 2 aromatic rings. The van der Waals surface area contributed by atoms with Gasteiger partial charge in [-0.1, -0.05) is 22.3 Å². The summed E-state index contributed by atoms with van der Waals surface area (Å²) in [4.78, 5) is 25.2. The Hall–Kier alpha value is -1.32. The Kier molecular flexibility index (Phi) is 20.6.